The molecule has 2 amide bonds. The van der Waals surface area contributed by atoms with Crippen molar-refractivity contribution >= 4 is 23.2 Å². The number of carbonyl (C=O) groups excluding carboxylic acids is 2. The van der Waals surface area contributed by atoms with Gasteiger partial charge in [0.15, 0.2) is 11.5 Å². The van der Waals surface area contributed by atoms with Crippen LogP contribution in [0.25, 0.3) is 0 Å². The van der Waals surface area contributed by atoms with Crippen LogP contribution in [0.15, 0.2) is 36.4 Å². The van der Waals surface area contributed by atoms with Gasteiger partial charge in [-0.3, -0.25) is 9.59 Å². The maximum atomic E-state index is 12.3. The van der Waals surface area contributed by atoms with Gasteiger partial charge in [0.1, 0.15) is 0 Å². The summed E-state index contributed by atoms with van der Waals surface area (Å²) in [6.07, 6.45) is 0.196. The van der Waals surface area contributed by atoms with Crippen molar-refractivity contribution in [2.45, 2.75) is 27.2 Å². The molecule has 6 nitrogen and oxygen atoms in total. The van der Waals surface area contributed by atoms with Gasteiger partial charge in [0, 0.05) is 37.3 Å². The molecule has 0 unspecified atom stereocenters. The molecule has 0 aromatic heterocycles. The molecule has 26 heavy (non-hydrogen) atoms. The molecule has 0 radical (unpaired) electrons. The summed E-state index contributed by atoms with van der Waals surface area (Å²) in [4.78, 5) is 26.0. The van der Waals surface area contributed by atoms with E-state index in [0.29, 0.717) is 23.7 Å². The zero-order valence-electron chi connectivity index (χ0n) is 15.2. The molecule has 1 heterocycles. The van der Waals surface area contributed by atoms with Crippen molar-refractivity contribution in [1.29, 1.82) is 0 Å². The first-order valence-corrected chi connectivity index (χ1v) is 8.49. The lowest BCUT2D eigenvalue weighted by atomic mass is 10.1. The maximum Gasteiger partial charge on any atom is 0.231 e. The van der Waals surface area contributed by atoms with Crippen LogP contribution in [-0.4, -0.2) is 25.2 Å². The Labute approximate surface area is 152 Å². The standard InChI is InChI=1S/C20H22N2O4/c1-13-4-6-17(14(2)10-13)22(15(3)23)9-8-20(24)21-16-5-7-18-19(11-16)26-12-25-18/h4-7,10-11H,8-9,12H2,1-3H3,(H,21,24). The van der Waals surface area contributed by atoms with Gasteiger partial charge in [0.05, 0.1) is 0 Å². The van der Waals surface area contributed by atoms with Crippen LogP contribution >= 0.6 is 0 Å². The van der Waals surface area contributed by atoms with Crippen molar-refractivity contribution in [3.05, 3.63) is 47.5 Å². The number of hydrogen-bond donors (Lipinski definition) is 1. The van der Waals surface area contributed by atoms with Gasteiger partial charge in [-0.05, 0) is 37.6 Å². The van der Waals surface area contributed by atoms with Gasteiger partial charge in [-0.1, -0.05) is 17.7 Å². The Morgan fingerprint density at radius 2 is 1.85 bits per heavy atom. The van der Waals surface area contributed by atoms with E-state index in [4.69, 9.17) is 9.47 Å². The number of rotatable bonds is 5. The van der Waals surface area contributed by atoms with E-state index in [1.54, 1.807) is 23.1 Å². The SMILES string of the molecule is CC(=O)N(CCC(=O)Nc1ccc2c(c1)OCO2)c1ccc(C)cc1C. The highest BCUT2D eigenvalue weighted by molar-refractivity contribution is 5.95. The van der Waals surface area contributed by atoms with E-state index in [1.165, 1.54) is 6.92 Å². The average Bonchev–Trinajstić information content (AvgIpc) is 3.04. The molecule has 0 aliphatic carbocycles. The topological polar surface area (TPSA) is 67.9 Å². The predicted octanol–water partition coefficient (Wildman–Crippen LogP) is 3.41. The molecule has 0 saturated heterocycles. The normalized spacial score (nSPS) is 12.0. The summed E-state index contributed by atoms with van der Waals surface area (Å²) < 4.78 is 10.6. The van der Waals surface area contributed by atoms with Crippen molar-refractivity contribution in [1.82, 2.24) is 0 Å². The van der Waals surface area contributed by atoms with Gasteiger partial charge in [-0.2, -0.15) is 0 Å². The lowest BCUT2D eigenvalue weighted by molar-refractivity contribution is -0.117. The molecule has 3 rings (SSSR count). The van der Waals surface area contributed by atoms with Gasteiger partial charge in [-0.15, -0.1) is 0 Å². The molecule has 1 aliphatic rings. The molecule has 1 N–H and O–H groups in total. The fourth-order valence-electron chi connectivity index (χ4n) is 2.97. The lowest BCUT2D eigenvalue weighted by Crippen LogP contribution is -2.32. The minimum atomic E-state index is -0.167. The van der Waals surface area contributed by atoms with E-state index in [9.17, 15) is 9.59 Å². The average molecular weight is 354 g/mol. The molecule has 0 spiro atoms. The first-order valence-electron chi connectivity index (χ1n) is 8.49. The van der Waals surface area contributed by atoms with E-state index < -0.39 is 0 Å². The summed E-state index contributed by atoms with van der Waals surface area (Å²) in [5.41, 5.74) is 3.62. The first-order chi connectivity index (χ1) is 12.4. The monoisotopic (exact) mass is 354 g/mol. The van der Waals surface area contributed by atoms with Crippen molar-refractivity contribution in [2.75, 3.05) is 23.6 Å². The second-order valence-corrected chi connectivity index (χ2v) is 6.33. The number of nitrogens with one attached hydrogen (secondary N) is 1. The summed E-state index contributed by atoms with van der Waals surface area (Å²) in [6, 6.07) is 11.2. The number of carbonyl (C=O) groups is 2. The number of benzene rings is 2. The first kappa shape index (κ1) is 17.8. The molecule has 0 bridgehead atoms. The zero-order chi connectivity index (χ0) is 18.7. The van der Waals surface area contributed by atoms with Gasteiger partial charge < -0.3 is 19.7 Å². The van der Waals surface area contributed by atoms with Crippen LogP contribution in [0.1, 0.15) is 24.5 Å². The van der Waals surface area contributed by atoms with E-state index in [0.717, 1.165) is 16.8 Å². The third-order valence-electron chi connectivity index (χ3n) is 4.24. The smallest absolute Gasteiger partial charge is 0.231 e. The molecular weight excluding hydrogens is 332 g/mol. The molecular formula is C20H22N2O4. The Morgan fingerprint density at radius 1 is 1.08 bits per heavy atom. The zero-order valence-corrected chi connectivity index (χ0v) is 15.2. The maximum absolute atomic E-state index is 12.3. The summed E-state index contributed by atoms with van der Waals surface area (Å²) in [5.74, 6) is 1.02. The van der Waals surface area contributed by atoms with Gasteiger partial charge in [-0.25, -0.2) is 0 Å². The molecule has 136 valence electrons. The van der Waals surface area contributed by atoms with Crippen LogP contribution in [0.2, 0.25) is 0 Å². The molecule has 6 heteroatoms. The van der Waals surface area contributed by atoms with Crippen molar-refractivity contribution in [2.24, 2.45) is 0 Å². The summed E-state index contributed by atoms with van der Waals surface area (Å²) in [6.45, 7) is 5.99. The molecule has 0 fully saturated rings. The highest BCUT2D eigenvalue weighted by atomic mass is 16.7. The summed E-state index contributed by atoms with van der Waals surface area (Å²) in [5, 5.41) is 2.83. The van der Waals surface area contributed by atoms with Crippen molar-refractivity contribution < 1.29 is 19.1 Å². The number of ether oxygens (including phenoxy) is 2. The molecule has 0 saturated carbocycles. The van der Waals surface area contributed by atoms with Gasteiger partial charge in [0.2, 0.25) is 18.6 Å². The van der Waals surface area contributed by atoms with Gasteiger partial charge in [0.25, 0.3) is 0 Å². The Kier molecular flexibility index (Phi) is 5.11. The quantitative estimate of drug-likeness (QED) is 0.893. The third kappa shape index (κ3) is 3.96. The van der Waals surface area contributed by atoms with E-state index in [1.807, 2.05) is 32.0 Å². The van der Waals surface area contributed by atoms with Crippen LogP contribution in [-0.2, 0) is 9.59 Å². The minimum absolute atomic E-state index is 0.0900. The molecule has 2 aromatic carbocycles. The van der Waals surface area contributed by atoms with Crippen LogP contribution < -0.4 is 19.7 Å². The third-order valence-corrected chi connectivity index (χ3v) is 4.24. The minimum Gasteiger partial charge on any atom is -0.454 e. The number of aryl methyl sites for hydroxylation is 2. The van der Waals surface area contributed by atoms with E-state index >= 15 is 0 Å². The van der Waals surface area contributed by atoms with Crippen molar-refractivity contribution in [3.8, 4) is 11.5 Å². The fraction of sp³-hybridized carbons (Fsp3) is 0.300. The van der Waals surface area contributed by atoms with Crippen LogP contribution in [0, 0.1) is 13.8 Å². The van der Waals surface area contributed by atoms with Crippen molar-refractivity contribution in [3.63, 3.8) is 0 Å². The second-order valence-electron chi connectivity index (χ2n) is 6.33. The number of hydrogen-bond acceptors (Lipinski definition) is 4. The molecule has 0 atom stereocenters. The summed E-state index contributed by atoms with van der Waals surface area (Å²) in [7, 11) is 0. The molecule has 1 aliphatic heterocycles. The Hall–Kier alpha value is -3.02. The van der Waals surface area contributed by atoms with Crippen LogP contribution in [0.4, 0.5) is 11.4 Å². The van der Waals surface area contributed by atoms with Crippen LogP contribution in [0.3, 0.4) is 0 Å². The summed E-state index contributed by atoms with van der Waals surface area (Å²) >= 11 is 0. The number of amides is 2. The predicted molar refractivity (Wildman–Crippen MR) is 99.8 cm³/mol. The highest BCUT2D eigenvalue weighted by Gasteiger charge is 2.17. The largest absolute Gasteiger partial charge is 0.454 e. The number of nitrogens with zero attached hydrogens (tertiary/aromatic N) is 1. The number of anilines is 2. The Morgan fingerprint density at radius 3 is 2.58 bits per heavy atom. The second kappa shape index (κ2) is 7.47. The Bertz CT molecular complexity index is 848. The van der Waals surface area contributed by atoms with Crippen LogP contribution in [0.5, 0.6) is 11.5 Å². The fourth-order valence-corrected chi connectivity index (χ4v) is 2.97. The molecule has 2 aromatic rings. The Balaban J connectivity index is 1.64. The van der Waals surface area contributed by atoms with Gasteiger partial charge >= 0.3 is 0 Å². The van der Waals surface area contributed by atoms with E-state index in [2.05, 4.69) is 5.32 Å². The highest BCUT2D eigenvalue weighted by Crippen LogP contribution is 2.34. The lowest BCUT2D eigenvalue weighted by Gasteiger charge is -2.23. The van der Waals surface area contributed by atoms with E-state index in [-0.39, 0.29) is 25.0 Å². The number of fused-ring (bicyclic) bond motifs is 1.